The molecule has 1 aliphatic rings. The highest BCUT2D eigenvalue weighted by Gasteiger charge is 2.48. The topological polar surface area (TPSA) is 109 Å². The van der Waals surface area contributed by atoms with Crippen LogP contribution >= 0.6 is 11.8 Å². The molecular formula is C24H26N6O3S. The van der Waals surface area contributed by atoms with Crippen LogP contribution in [-0.4, -0.2) is 48.9 Å². The Morgan fingerprint density at radius 2 is 1.85 bits per heavy atom. The summed E-state index contributed by atoms with van der Waals surface area (Å²) in [5.41, 5.74) is 4.40. The van der Waals surface area contributed by atoms with Gasteiger partial charge in [0.15, 0.2) is 5.16 Å². The number of amides is 4. The van der Waals surface area contributed by atoms with Crippen LogP contribution in [-0.2, 0) is 16.0 Å². The van der Waals surface area contributed by atoms with Crippen molar-refractivity contribution < 1.29 is 14.4 Å². The highest BCUT2D eigenvalue weighted by molar-refractivity contribution is 7.99. The Kier molecular flexibility index (Phi) is 6.69. The first-order valence-electron chi connectivity index (χ1n) is 10.9. The minimum absolute atomic E-state index is 0.0399. The quantitative estimate of drug-likeness (QED) is 0.381. The number of imide groups is 1. The van der Waals surface area contributed by atoms with E-state index in [0.29, 0.717) is 23.8 Å². The molecule has 0 unspecified atom stereocenters. The van der Waals surface area contributed by atoms with Crippen LogP contribution in [0.25, 0.3) is 5.69 Å². The predicted octanol–water partition coefficient (Wildman–Crippen LogP) is 2.95. The van der Waals surface area contributed by atoms with E-state index in [1.807, 2.05) is 73.0 Å². The van der Waals surface area contributed by atoms with Crippen LogP contribution in [0.15, 0.2) is 59.8 Å². The van der Waals surface area contributed by atoms with E-state index in [1.165, 1.54) is 11.8 Å². The van der Waals surface area contributed by atoms with Gasteiger partial charge in [-0.1, -0.05) is 54.2 Å². The van der Waals surface area contributed by atoms with E-state index >= 15 is 0 Å². The Labute approximate surface area is 201 Å². The van der Waals surface area contributed by atoms with Gasteiger partial charge in [0, 0.05) is 5.69 Å². The number of thioether (sulfide) groups is 1. The van der Waals surface area contributed by atoms with Crippen molar-refractivity contribution in [3.8, 4) is 5.69 Å². The number of nitrogens with zero attached hydrogens (tertiary/aromatic N) is 4. The summed E-state index contributed by atoms with van der Waals surface area (Å²) in [4.78, 5) is 38.0. The molecule has 2 aromatic carbocycles. The van der Waals surface area contributed by atoms with Crippen LogP contribution in [0.3, 0.4) is 0 Å². The normalized spacial score (nSPS) is 17.7. The molecule has 1 saturated heterocycles. The molecule has 3 aromatic rings. The van der Waals surface area contributed by atoms with Gasteiger partial charge in [-0.25, -0.2) is 4.79 Å². The molecule has 9 nitrogen and oxygen atoms in total. The summed E-state index contributed by atoms with van der Waals surface area (Å²) in [5.74, 6) is -0.318. The number of aryl methyl sites for hydroxylation is 3. The maximum absolute atomic E-state index is 12.9. The van der Waals surface area contributed by atoms with Gasteiger partial charge in [-0.2, -0.15) is 5.01 Å². The van der Waals surface area contributed by atoms with E-state index in [1.54, 1.807) is 6.92 Å². The number of carbonyl (C=O) groups excluding carboxylic acids is 3. The van der Waals surface area contributed by atoms with Gasteiger partial charge < -0.3 is 5.32 Å². The second-order valence-corrected chi connectivity index (χ2v) is 9.36. The zero-order valence-electron chi connectivity index (χ0n) is 19.2. The van der Waals surface area contributed by atoms with Gasteiger partial charge in [0.25, 0.3) is 5.91 Å². The lowest BCUT2D eigenvalue weighted by Crippen LogP contribution is -2.49. The Morgan fingerprint density at radius 3 is 2.59 bits per heavy atom. The number of rotatable bonds is 8. The van der Waals surface area contributed by atoms with Crippen molar-refractivity contribution in [1.29, 1.82) is 0 Å². The zero-order chi connectivity index (χ0) is 24.3. The lowest BCUT2D eigenvalue weighted by atomic mass is 9.93. The lowest BCUT2D eigenvalue weighted by molar-refractivity contribution is -0.138. The van der Waals surface area contributed by atoms with Crippen LogP contribution in [0, 0.1) is 13.8 Å². The lowest BCUT2D eigenvalue weighted by Gasteiger charge is -2.21. The number of carbonyl (C=O) groups is 3. The Bertz CT molecular complexity index is 1230. The summed E-state index contributed by atoms with van der Waals surface area (Å²) in [5, 5.41) is 12.3. The van der Waals surface area contributed by atoms with Crippen molar-refractivity contribution in [2.75, 3.05) is 5.75 Å². The Balaban J connectivity index is 1.37. The smallest absolute Gasteiger partial charge is 0.322 e. The van der Waals surface area contributed by atoms with Crippen LogP contribution < -0.4 is 10.7 Å². The van der Waals surface area contributed by atoms with Crippen molar-refractivity contribution in [3.63, 3.8) is 0 Å². The van der Waals surface area contributed by atoms with Gasteiger partial charge in [0.1, 0.15) is 11.4 Å². The van der Waals surface area contributed by atoms with Gasteiger partial charge in [0.2, 0.25) is 5.91 Å². The van der Waals surface area contributed by atoms with Crippen molar-refractivity contribution in [2.24, 2.45) is 0 Å². The van der Waals surface area contributed by atoms with Crippen molar-refractivity contribution >= 4 is 29.6 Å². The molecule has 1 aromatic heterocycles. The Hall–Kier alpha value is -3.66. The average molecular weight is 479 g/mol. The number of benzene rings is 2. The first-order chi connectivity index (χ1) is 16.3. The summed E-state index contributed by atoms with van der Waals surface area (Å²) in [6.07, 6.45) is 1.04. The molecule has 34 heavy (non-hydrogen) atoms. The van der Waals surface area contributed by atoms with E-state index < -0.39 is 23.4 Å². The second-order valence-electron chi connectivity index (χ2n) is 8.42. The number of hydrogen-bond acceptors (Lipinski definition) is 6. The van der Waals surface area contributed by atoms with Gasteiger partial charge in [0.05, 0.1) is 5.75 Å². The monoisotopic (exact) mass is 478 g/mol. The molecule has 2 N–H and O–H groups in total. The van der Waals surface area contributed by atoms with Crippen molar-refractivity contribution in [1.82, 2.24) is 30.5 Å². The molecule has 1 fully saturated rings. The maximum atomic E-state index is 12.9. The van der Waals surface area contributed by atoms with E-state index in [4.69, 9.17) is 0 Å². The fourth-order valence-corrected chi connectivity index (χ4v) is 4.57. The first-order valence-corrected chi connectivity index (χ1v) is 11.9. The van der Waals surface area contributed by atoms with Crippen LogP contribution in [0.1, 0.15) is 30.3 Å². The summed E-state index contributed by atoms with van der Waals surface area (Å²) < 4.78 is 1.86. The largest absolute Gasteiger partial charge is 0.344 e. The van der Waals surface area contributed by atoms with Gasteiger partial charge >= 0.3 is 6.03 Å². The number of urea groups is 1. The van der Waals surface area contributed by atoms with Crippen molar-refractivity contribution in [2.45, 2.75) is 44.3 Å². The molecule has 10 heteroatoms. The summed E-state index contributed by atoms with van der Waals surface area (Å²) >= 11 is 1.18. The average Bonchev–Trinajstić information content (AvgIpc) is 3.29. The second kappa shape index (κ2) is 9.68. The zero-order valence-corrected chi connectivity index (χ0v) is 20.1. The molecular weight excluding hydrogens is 452 g/mol. The summed E-state index contributed by atoms with van der Waals surface area (Å²) in [6, 6.07) is 17.0. The molecule has 0 spiro atoms. The molecule has 0 saturated carbocycles. The molecule has 4 amide bonds. The van der Waals surface area contributed by atoms with Crippen LogP contribution in [0.2, 0.25) is 0 Å². The van der Waals surface area contributed by atoms with Gasteiger partial charge in [-0.3, -0.25) is 19.6 Å². The third kappa shape index (κ3) is 4.96. The summed E-state index contributed by atoms with van der Waals surface area (Å²) in [6.45, 7) is 5.50. The highest BCUT2D eigenvalue weighted by atomic mass is 32.2. The minimum atomic E-state index is -1.09. The molecule has 2 heterocycles. The highest BCUT2D eigenvalue weighted by Crippen LogP contribution is 2.24. The van der Waals surface area contributed by atoms with E-state index in [2.05, 4.69) is 20.9 Å². The standard InChI is InChI=1S/C24H26N6O3S/c1-16-8-7-11-19(14-16)29-17(2)26-27-23(29)34-15-20(31)28-30-21(32)24(3,25-22(30)33)13-12-18-9-5-4-6-10-18/h4-11,14H,12-13,15H2,1-3H3,(H,25,33)(H,28,31)/t24-/m0/s1. The number of hydrogen-bond donors (Lipinski definition) is 2. The van der Waals surface area contributed by atoms with Crippen molar-refractivity contribution in [3.05, 3.63) is 71.5 Å². The first kappa shape index (κ1) is 23.5. The van der Waals surface area contributed by atoms with Crippen LogP contribution in [0.5, 0.6) is 0 Å². The van der Waals surface area contributed by atoms with E-state index in [9.17, 15) is 14.4 Å². The van der Waals surface area contributed by atoms with E-state index in [0.717, 1.165) is 21.8 Å². The molecule has 0 aliphatic carbocycles. The molecule has 1 atom stereocenters. The summed E-state index contributed by atoms with van der Waals surface area (Å²) in [7, 11) is 0. The third-order valence-corrected chi connectivity index (χ3v) is 6.57. The molecule has 176 valence electrons. The fourth-order valence-electron chi connectivity index (χ4n) is 3.78. The fraction of sp³-hybridized carbons (Fsp3) is 0.292. The van der Waals surface area contributed by atoms with E-state index in [-0.39, 0.29) is 5.75 Å². The molecule has 0 bridgehead atoms. The predicted molar refractivity (Wildman–Crippen MR) is 128 cm³/mol. The third-order valence-electron chi connectivity index (χ3n) is 5.64. The van der Waals surface area contributed by atoms with Gasteiger partial charge in [-0.05, 0) is 56.9 Å². The van der Waals surface area contributed by atoms with Gasteiger partial charge in [-0.15, -0.1) is 10.2 Å². The molecule has 0 radical (unpaired) electrons. The molecule has 1 aliphatic heterocycles. The number of nitrogens with one attached hydrogen (secondary N) is 2. The Morgan fingerprint density at radius 1 is 1.09 bits per heavy atom. The SMILES string of the molecule is Cc1cccc(-n2c(C)nnc2SCC(=O)NN2C(=O)N[C@@](C)(CCc3ccccc3)C2=O)c1. The number of hydrazine groups is 1. The minimum Gasteiger partial charge on any atom is -0.322 e. The molecule has 4 rings (SSSR count). The number of aromatic nitrogens is 3. The van der Waals surface area contributed by atoms with Crippen LogP contribution in [0.4, 0.5) is 4.79 Å². The maximum Gasteiger partial charge on any atom is 0.344 e.